The van der Waals surface area contributed by atoms with Crippen LogP contribution in [0.5, 0.6) is 0 Å². The predicted octanol–water partition coefficient (Wildman–Crippen LogP) is 1.62. The van der Waals surface area contributed by atoms with Crippen LogP contribution >= 0.6 is 0 Å². The molecule has 0 saturated heterocycles. The fourth-order valence-corrected chi connectivity index (χ4v) is 1.95. The minimum absolute atomic E-state index is 0.345. The Balaban J connectivity index is 2.99. The van der Waals surface area contributed by atoms with Crippen molar-refractivity contribution < 1.29 is 23.7 Å². The maximum Gasteiger partial charge on any atom is 0.303 e. The maximum atomic E-state index is 11.0. The summed E-state index contributed by atoms with van der Waals surface area (Å²) < 4.78 is 21.5. The van der Waals surface area contributed by atoms with E-state index in [2.05, 4.69) is 0 Å². The Morgan fingerprint density at radius 3 is 2.35 bits per heavy atom. The van der Waals surface area contributed by atoms with Gasteiger partial charge in [-0.05, 0) is 26.8 Å². The summed E-state index contributed by atoms with van der Waals surface area (Å²) >= 11 is 0. The molecule has 0 fully saturated rings. The lowest BCUT2D eigenvalue weighted by molar-refractivity contribution is -0.284. The Kier molecular flexibility index (Phi) is 3.96. The molecule has 5 heteroatoms. The van der Waals surface area contributed by atoms with Gasteiger partial charge in [0.2, 0.25) is 0 Å². The van der Waals surface area contributed by atoms with Crippen molar-refractivity contribution in [1.29, 1.82) is 0 Å². The van der Waals surface area contributed by atoms with Gasteiger partial charge in [-0.25, -0.2) is 0 Å². The summed E-state index contributed by atoms with van der Waals surface area (Å²) in [6.45, 7) is 6.68. The lowest BCUT2D eigenvalue weighted by atomic mass is 10.0. The van der Waals surface area contributed by atoms with E-state index in [-0.39, 0.29) is 5.97 Å². The highest BCUT2D eigenvalue weighted by Gasteiger charge is 2.47. The quantitative estimate of drug-likeness (QED) is 0.555. The van der Waals surface area contributed by atoms with Crippen molar-refractivity contribution in [3.05, 3.63) is 11.6 Å². The van der Waals surface area contributed by atoms with E-state index in [4.69, 9.17) is 18.9 Å². The van der Waals surface area contributed by atoms with E-state index >= 15 is 0 Å². The predicted molar refractivity (Wildman–Crippen MR) is 61.2 cm³/mol. The van der Waals surface area contributed by atoms with Crippen LogP contribution in [-0.2, 0) is 23.7 Å². The van der Waals surface area contributed by atoms with E-state index in [1.165, 1.54) is 14.0 Å². The van der Waals surface area contributed by atoms with Crippen LogP contribution in [-0.4, -0.2) is 37.9 Å². The zero-order valence-electron chi connectivity index (χ0n) is 11.2. The molecule has 0 aromatic carbocycles. The fourth-order valence-electron chi connectivity index (χ4n) is 1.95. The molecule has 0 saturated carbocycles. The van der Waals surface area contributed by atoms with Gasteiger partial charge < -0.3 is 18.9 Å². The maximum absolute atomic E-state index is 11.0. The summed E-state index contributed by atoms with van der Waals surface area (Å²) in [6, 6.07) is 0. The summed E-state index contributed by atoms with van der Waals surface area (Å²) in [5.74, 6) is -2.16. The monoisotopic (exact) mass is 244 g/mol. The first-order valence-electron chi connectivity index (χ1n) is 5.47. The van der Waals surface area contributed by atoms with Crippen LogP contribution < -0.4 is 0 Å². The number of esters is 1. The molecule has 0 radical (unpaired) electrons. The molecule has 1 aliphatic heterocycles. The highest BCUT2D eigenvalue weighted by Crippen LogP contribution is 2.40. The van der Waals surface area contributed by atoms with Gasteiger partial charge in [-0.3, -0.25) is 4.79 Å². The van der Waals surface area contributed by atoms with Crippen LogP contribution in [0, 0.1) is 0 Å². The van der Waals surface area contributed by atoms with Crippen LogP contribution in [0.1, 0.15) is 27.7 Å². The van der Waals surface area contributed by atoms with E-state index < -0.39 is 17.7 Å². The van der Waals surface area contributed by atoms with Crippen molar-refractivity contribution in [1.82, 2.24) is 0 Å². The average Bonchev–Trinajstić information content (AvgIpc) is 2.52. The zero-order valence-corrected chi connectivity index (χ0v) is 11.2. The summed E-state index contributed by atoms with van der Waals surface area (Å²) in [5.41, 5.74) is 0.736. The second-order valence-electron chi connectivity index (χ2n) is 4.32. The minimum Gasteiger partial charge on any atom is -0.458 e. The first-order valence-corrected chi connectivity index (χ1v) is 5.47. The van der Waals surface area contributed by atoms with Gasteiger partial charge >= 0.3 is 5.97 Å². The van der Waals surface area contributed by atoms with Crippen molar-refractivity contribution in [2.75, 3.05) is 14.2 Å². The Morgan fingerprint density at radius 2 is 1.94 bits per heavy atom. The zero-order chi connectivity index (χ0) is 13.3. The van der Waals surface area contributed by atoms with E-state index in [1.807, 2.05) is 0 Å². The van der Waals surface area contributed by atoms with Crippen LogP contribution in [0.3, 0.4) is 0 Å². The molecule has 17 heavy (non-hydrogen) atoms. The normalized spacial score (nSPS) is 34.4. The molecule has 0 amide bonds. The van der Waals surface area contributed by atoms with E-state index in [0.29, 0.717) is 0 Å². The fraction of sp³-hybridized carbons (Fsp3) is 0.750. The van der Waals surface area contributed by atoms with Gasteiger partial charge in [0, 0.05) is 26.7 Å². The molecular weight excluding hydrogens is 224 g/mol. The van der Waals surface area contributed by atoms with E-state index in [1.54, 1.807) is 34.0 Å². The lowest BCUT2D eigenvalue weighted by Gasteiger charge is -2.31. The number of carbonyl (C=O) groups is 1. The molecule has 0 aromatic rings. The van der Waals surface area contributed by atoms with Gasteiger partial charge in [0.15, 0.2) is 11.6 Å². The number of carbonyl (C=O) groups excluding carboxylic acids is 1. The first-order chi connectivity index (χ1) is 7.76. The largest absolute Gasteiger partial charge is 0.458 e. The standard InChI is InChI=1S/C12H20O5/c1-8(16-9(2)13)10-7-11(3,14-5)17-12(10,4)15-6/h7-8H,1-6H3. The molecule has 0 aromatic heterocycles. The molecule has 1 aliphatic rings. The Bertz CT molecular complexity index is 338. The van der Waals surface area contributed by atoms with Gasteiger partial charge in [-0.1, -0.05) is 0 Å². The van der Waals surface area contributed by atoms with Crippen LogP contribution in [0.4, 0.5) is 0 Å². The molecule has 1 rings (SSSR count). The molecule has 3 unspecified atom stereocenters. The van der Waals surface area contributed by atoms with Crippen LogP contribution in [0.2, 0.25) is 0 Å². The second-order valence-corrected chi connectivity index (χ2v) is 4.32. The third-order valence-corrected chi connectivity index (χ3v) is 2.92. The van der Waals surface area contributed by atoms with Gasteiger partial charge in [0.05, 0.1) is 0 Å². The average molecular weight is 244 g/mol. The Labute approximate surface area is 102 Å². The highest BCUT2D eigenvalue weighted by atomic mass is 16.8. The first kappa shape index (κ1) is 14.2. The van der Waals surface area contributed by atoms with Crippen LogP contribution in [0.25, 0.3) is 0 Å². The molecule has 0 N–H and O–H groups in total. The molecule has 0 spiro atoms. The van der Waals surface area contributed by atoms with E-state index in [0.717, 1.165) is 5.57 Å². The molecule has 5 nitrogen and oxygen atoms in total. The SMILES string of the molecule is COC1(C)C=C(C(C)OC(C)=O)C(C)(OC)O1. The lowest BCUT2D eigenvalue weighted by Crippen LogP contribution is -2.39. The second kappa shape index (κ2) is 4.76. The third-order valence-electron chi connectivity index (χ3n) is 2.92. The van der Waals surface area contributed by atoms with Crippen molar-refractivity contribution >= 4 is 5.97 Å². The van der Waals surface area contributed by atoms with Gasteiger partial charge in [0.25, 0.3) is 0 Å². The van der Waals surface area contributed by atoms with Gasteiger partial charge in [-0.2, -0.15) is 0 Å². The molecule has 3 atom stereocenters. The summed E-state index contributed by atoms with van der Waals surface area (Å²) in [4.78, 5) is 11.0. The van der Waals surface area contributed by atoms with E-state index in [9.17, 15) is 4.79 Å². The number of rotatable bonds is 4. The molecule has 0 aliphatic carbocycles. The number of ether oxygens (including phenoxy) is 4. The number of methoxy groups -OCH3 is 2. The topological polar surface area (TPSA) is 54.0 Å². The number of hydrogen-bond donors (Lipinski definition) is 0. The smallest absolute Gasteiger partial charge is 0.303 e. The molecule has 98 valence electrons. The molecule has 1 heterocycles. The third kappa shape index (κ3) is 2.86. The Hall–Kier alpha value is -0.910. The van der Waals surface area contributed by atoms with Crippen molar-refractivity contribution in [2.45, 2.75) is 45.4 Å². The Morgan fingerprint density at radius 1 is 1.35 bits per heavy atom. The highest BCUT2D eigenvalue weighted by molar-refractivity contribution is 5.66. The van der Waals surface area contributed by atoms with Crippen LogP contribution in [0.15, 0.2) is 11.6 Å². The van der Waals surface area contributed by atoms with Crippen molar-refractivity contribution in [3.8, 4) is 0 Å². The molecular formula is C12H20O5. The summed E-state index contributed by atoms with van der Waals surface area (Å²) in [6.07, 6.45) is 1.36. The van der Waals surface area contributed by atoms with Gasteiger partial charge in [0.1, 0.15) is 6.10 Å². The molecule has 0 bridgehead atoms. The van der Waals surface area contributed by atoms with Crippen molar-refractivity contribution in [3.63, 3.8) is 0 Å². The van der Waals surface area contributed by atoms with Crippen molar-refractivity contribution in [2.24, 2.45) is 0 Å². The minimum atomic E-state index is -0.945. The summed E-state index contributed by atoms with van der Waals surface area (Å²) in [7, 11) is 3.09. The van der Waals surface area contributed by atoms with Gasteiger partial charge in [-0.15, -0.1) is 0 Å². The number of hydrogen-bond acceptors (Lipinski definition) is 5. The summed E-state index contributed by atoms with van der Waals surface area (Å²) in [5, 5.41) is 0.